The molecule has 1 heterocycles. The summed E-state index contributed by atoms with van der Waals surface area (Å²) in [5.41, 5.74) is 1.26. The first-order chi connectivity index (χ1) is 13.9. The highest BCUT2D eigenvalue weighted by Crippen LogP contribution is 2.29. The Bertz CT molecular complexity index is 1110. The van der Waals surface area contributed by atoms with Crippen molar-refractivity contribution in [1.82, 2.24) is 9.66 Å². The van der Waals surface area contributed by atoms with Gasteiger partial charge in [0.25, 0.3) is 5.56 Å². The summed E-state index contributed by atoms with van der Waals surface area (Å²) in [6, 6.07) is 11.1. The fourth-order valence-electron chi connectivity index (χ4n) is 2.89. The third-order valence-corrected chi connectivity index (χ3v) is 4.64. The van der Waals surface area contributed by atoms with E-state index in [1.165, 1.54) is 4.68 Å². The highest BCUT2D eigenvalue weighted by Gasteiger charge is 2.11. The fourth-order valence-corrected chi connectivity index (χ4v) is 3.25. The van der Waals surface area contributed by atoms with E-state index < -0.39 is 0 Å². The lowest BCUT2D eigenvalue weighted by atomic mass is 10.2. The van der Waals surface area contributed by atoms with Crippen LogP contribution in [0.15, 0.2) is 50.8 Å². The van der Waals surface area contributed by atoms with E-state index in [1.54, 1.807) is 12.3 Å². The maximum Gasteiger partial charge on any atom is 0.282 e. The van der Waals surface area contributed by atoms with E-state index in [1.807, 2.05) is 58.0 Å². The summed E-state index contributed by atoms with van der Waals surface area (Å²) in [7, 11) is 0. The second-order valence-corrected chi connectivity index (χ2v) is 7.63. The Morgan fingerprint density at radius 2 is 1.97 bits per heavy atom. The molecule has 1 aromatic heterocycles. The van der Waals surface area contributed by atoms with Crippen molar-refractivity contribution in [3.8, 4) is 11.5 Å². The molecule has 0 aliphatic rings. The van der Waals surface area contributed by atoms with Crippen LogP contribution in [0.1, 0.15) is 39.1 Å². The van der Waals surface area contributed by atoms with Gasteiger partial charge in [-0.3, -0.25) is 4.79 Å². The molecule has 7 heteroatoms. The van der Waals surface area contributed by atoms with Crippen LogP contribution in [-0.4, -0.2) is 28.6 Å². The smallest absolute Gasteiger partial charge is 0.282 e. The molecule has 3 rings (SSSR count). The molecule has 0 saturated carbocycles. The highest BCUT2D eigenvalue weighted by molar-refractivity contribution is 9.10. The van der Waals surface area contributed by atoms with Gasteiger partial charge >= 0.3 is 0 Å². The van der Waals surface area contributed by atoms with Gasteiger partial charge in [0.15, 0.2) is 11.5 Å². The van der Waals surface area contributed by atoms with Gasteiger partial charge < -0.3 is 9.47 Å². The number of benzene rings is 2. The summed E-state index contributed by atoms with van der Waals surface area (Å²) < 4.78 is 13.7. The van der Waals surface area contributed by atoms with Gasteiger partial charge in [-0.1, -0.05) is 22.9 Å². The average Bonchev–Trinajstić information content (AvgIpc) is 2.69. The second kappa shape index (κ2) is 9.22. The summed E-state index contributed by atoms with van der Waals surface area (Å²) >= 11 is 3.41. The van der Waals surface area contributed by atoms with E-state index in [0.717, 1.165) is 10.0 Å². The first kappa shape index (κ1) is 21.0. The minimum absolute atomic E-state index is 0.0439. The Kier molecular flexibility index (Phi) is 6.69. The molecule has 0 fully saturated rings. The monoisotopic (exact) mass is 457 g/mol. The molecule has 0 spiro atoms. The van der Waals surface area contributed by atoms with E-state index in [-0.39, 0.29) is 11.7 Å². The van der Waals surface area contributed by atoms with Gasteiger partial charge in [0.2, 0.25) is 0 Å². The molecule has 0 unspecified atom stereocenters. The molecule has 6 nitrogen and oxygen atoms in total. The molecule has 0 aliphatic heterocycles. The lowest BCUT2D eigenvalue weighted by Gasteiger charge is -2.14. The van der Waals surface area contributed by atoms with E-state index in [2.05, 4.69) is 26.0 Å². The van der Waals surface area contributed by atoms with E-state index >= 15 is 0 Å². The van der Waals surface area contributed by atoms with Crippen molar-refractivity contribution < 1.29 is 9.47 Å². The van der Waals surface area contributed by atoms with Crippen molar-refractivity contribution in [2.45, 2.75) is 40.2 Å². The summed E-state index contributed by atoms with van der Waals surface area (Å²) in [4.78, 5) is 17.6. The van der Waals surface area contributed by atoms with Crippen molar-refractivity contribution in [1.29, 1.82) is 0 Å². The highest BCUT2D eigenvalue weighted by atomic mass is 79.9. The number of aromatic nitrogens is 2. The summed E-state index contributed by atoms with van der Waals surface area (Å²) in [6.07, 6.45) is 2.26. The zero-order chi connectivity index (χ0) is 21.0. The first-order valence-corrected chi connectivity index (χ1v) is 10.4. The Balaban J connectivity index is 2.03. The molecule has 0 saturated heterocycles. The van der Waals surface area contributed by atoms with Crippen molar-refractivity contribution >= 4 is 33.0 Å². The average molecular weight is 458 g/mol. The third kappa shape index (κ3) is 4.85. The van der Waals surface area contributed by atoms with Crippen LogP contribution in [0.2, 0.25) is 0 Å². The Labute approximate surface area is 178 Å². The number of halogens is 1. The van der Waals surface area contributed by atoms with E-state index in [4.69, 9.17) is 9.47 Å². The van der Waals surface area contributed by atoms with Crippen molar-refractivity contribution in [2.75, 3.05) is 6.61 Å². The molecule has 0 amide bonds. The standard InChI is InChI=1S/C22H24BrN3O3/c1-5-21-25-18-9-8-16(23)12-17(18)22(27)26(21)24-13-15-7-10-19(29-14(3)4)20(11-15)28-6-2/h7-14H,5-6H2,1-4H3. The molecule has 3 aromatic rings. The number of rotatable bonds is 7. The SMILES string of the molecule is CCOc1cc(C=Nn2c(CC)nc3ccc(Br)cc3c2=O)ccc1OC(C)C. The quantitative estimate of drug-likeness (QED) is 0.478. The minimum atomic E-state index is -0.200. The van der Waals surface area contributed by atoms with Gasteiger partial charge in [0, 0.05) is 10.9 Å². The predicted octanol–water partition coefficient (Wildman–Crippen LogP) is 4.79. The van der Waals surface area contributed by atoms with Gasteiger partial charge in [-0.2, -0.15) is 9.78 Å². The van der Waals surface area contributed by atoms with Crippen LogP contribution in [0.25, 0.3) is 10.9 Å². The van der Waals surface area contributed by atoms with Gasteiger partial charge in [0.1, 0.15) is 5.82 Å². The molecule has 152 valence electrons. The molecular weight excluding hydrogens is 434 g/mol. The molecule has 0 atom stereocenters. The maximum absolute atomic E-state index is 13.0. The Hall–Kier alpha value is -2.67. The number of hydrogen-bond donors (Lipinski definition) is 0. The molecule has 29 heavy (non-hydrogen) atoms. The number of ether oxygens (including phenoxy) is 2. The van der Waals surface area contributed by atoms with Crippen molar-refractivity contribution in [2.24, 2.45) is 5.10 Å². The Morgan fingerprint density at radius 3 is 2.66 bits per heavy atom. The molecule has 0 radical (unpaired) electrons. The van der Waals surface area contributed by atoms with Crippen molar-refractivity contribution in [3.05, 3.63) is 62.6 Å². The van der Waals surface area contributed by atoms with Gasteiger partial charge in [0.05, 0.1) is 29.8 Å². The minimum Gasteiger partial charge on any atom is -0.490 e. The lowest BCUT2D eigenvalue weighted by Crippen LogP contribution is -2.22. The molecule has 0 N–H and O–H groups in total. The zero-order valence-electron chi connectivity index (χ0n) is 17.0. The van der Waals surface area contributed by atoms with Crippen LogP contribution in [0, 0.1) is 0 Å². The topological polar surface area (TPSA) is 65.7 Å². The van der Waals surface area contributed by atoms with Crippen LogP contribution in [0.4, 0.5) is 0 Å². The molecular formula is C22H24BrN3O3. The maximum atomic E-state index is 13.0. The summed E-state index contributed by atoms with van der Waals surface area (Å²) in [5, 5.41) is 4.94. The zero-order valence-corrected chi connectivity index (χ0v) is 18.6. The molecule has 0 aliphatic carbocycles. The summed E-state index contributed by atoms with van der Waals surface area (Å²) in [5.74, 6) is 1.93. The normalized spacial score (nSPS) is 11.5. The van der Waals surface area contributed by atoms with Crippen LogP contribution in [0.3, 0.4) is 0 Å². The Morgan fingerprint density at radius 1 is 1.17 bits per heavy atom. The second-order valence-electron chi connectivity index (χ2n) is 6.71. The van der Waals surface area contributed by atoms with E-state index in [0.29, 0.717) is 41.3 Å². The number of aryl methyl sites for hydroxylation is 1. The third-order valence-electron chi connectivity index (χ3n) is 4.14. The van der Waals surface area contributed by atoms with Gasteiger partial charge in [-0.05, 0) is 62.7 Å². The van der Waals surface area contributed by atoms with E-state index in [9.17, 15) is 4.79 Å². The van der Waals surface area contributed by atoms with Crippen LogP contribution < -0.4 is 15.0 Å². The number of fused-ring (bicyclic) bond motifs is 1. The van der Waals surface area contributed by atoms with Crippen LogP contribution in [-0.2, 0) is 6.42 Å². The number of nitrogens with zero attached hydrogens (tertiary/aromatic N) is 3. The lowest BCUT2D eigenvalue weighted by molar-refractivity contribution is 0.224. The van der Waals surface area contributed by atoms with Gasteiger partial charge in [-0.15, -0.1) is 0 Å². The van der Waals surface area contributed by atoms with Crippen LogP contribution >= 0.6 is 15.9 Å². The summed E-state index contributed by atoms with van der Waals surface area (Å²) in [6.45, 7) is 8.33. The molecule has 2 aromatic carbocycles. The van der Waals surface area contributed by atoms with Crippen molar-refractivity contribution in [3.63, 3.8) is 0 Å². The fraction of sp³-hybridized carbons (Fsp3) is 0.318. The largest absolute Gasteiger partial charge is 0.490 e. The predicted molar refractivity (Wildman–Crippen MR) is 119 cm³/mol. The van der Waals surface area contributed by atoms with Gasteiger partial charge in [-0.25, -0.2) is 4.98 Å². The molecule has 0 bridgehead atoms. The first-order valence-electron chi connectivity index (χ1n) is 9.62. The van der Waals surface area contributed by atoms with Crippen LogP contribution in [0.5, 0.6) is 11.5 Å². The number of hydrogen-bond acceptors (Lipinski definition) is 5.